The summed E-state index contributed by atoms with van der Waals surface area (Å²) in [7, 11) is 0. The van der Waals surface area contributed by atoms with Gasteiger partial charge in [0.2, 0.25) is 0 Å². The zero-order valence-electron chi connectivity index (χ0n) is 9.96. The highest BCUT2D eigenvalue weighted by Gasteiger charge is 2.11. The molecule has 2 rings (SSSR count). The molecule has 0 unspecified atom stereocenters. The third-order valence-electron chi connectivity index (χ3n) is 2.30. The molecule has 5 nitrogen and oxygen atoms in total. The standard InChI is InChI=1S/C13H13NO4/c1-2-16-12-5-3-4-11(7-15)13(12)17-8-10-6-14-18-9-10/h3-7,9H,2,8H2,1H3. The third-order valence-corrected chi connectivity index (χ3v) is 2.30. The van der Waals surface area contributed by atoms with Crippen molar-refractivity contribution in [3.63, 3.8) is 0 Å². The Kier molecular flexibility index (Phi) is 3.96. The normalized spacial score (nSPS) is 10.1. The van der Waals surface area contributed by atoms with Crippen LogP contribution < -0.4 is 9.47 Å². The highest BCUT2D eigenvalue weighted by atomic mass is 16.5. The smallest absolute Gasteiger partial charge is 0.172 e. The molecule has 0 fully saturated rings. The van der Waals surface area contributed by atoms with E-state index >= 15 is 0 Å². The van der Waals surface area contributed by atoms with E-state index in [-0.39, 0.29) is 6.61 Å². The molecule has 5 heteroatoms. The van der Waals surface area contributed by atoms with Crippen LogP contribution in [0.15, 0.2) is 35.2 Å². The summed E-state index contributed by atoms with van der Waals surface area (Å²) in [6.07, 6.45) is 3.79. The average molecular weight is 247 g/mol. The zero-order chi connectivity index (χ0) is 12.8. The summed E-state index contributed by atoms with van der Waals surface area (Å²) in [5, 5.41) is 3.58. The second kappa shape index (κ2) is 5.86. The van der Waals surface area contributed by atoms with Crippen LogP contribution >= 0.6 is 0 Å². The lowest BCUT2D eigenvalue weighted by molar-refractivity contribution is 0.111. The predicted octanol–water partition coefficient (Wildman–Crippen LogP) is 2.46. The minimum Gasteiger partial charge on any atom is -0.490 e. The quantitative estimate of drug-likeness (QED) is 0.734. The first-order chi connectivity index (χ1) is 8.85. The van der Waals surface area contributed by atoms with E-state index in [0.717, 1.165) is 11.8 Å². The molecule has 0 aliphatic heterocycles. The Morgan fingerprint density at radius 1 is 1.39 bits per heavy atom. The van der Waals surface area contributed by atoms with E-state index in [0.29, 0.717) is 23.7 Å². The van der Waals surface area contributed by atoms with Crippen LogP contribution in [0, 0.1) is 0 Å². The maximum Gasteiger partial charge on any atom is 0.172 e. The molecule has 0 radical (unpaired) electrons. The Morgan fingerprint density at radius 2 is 2.28 bits per heavy atom. The molecule has 0 spiro atoms. The van der Waals surface area contributed by atoms with Gasteiger partial charge in [-0.3, -0.25) is 4.79 Å². The van der Waals surface area contributed by atoms with E-state index in [2.05, 4.69) is 5.16 Å². The second-order valence-electron chi connectivity index (χ2n) is 3.55. The molecule has 1 heterocycles. The lowest BCUT2D eigenvalue weighted by atomic mass is 10.2. The number of hydrogen-bond donors (Lipinski definition) is 0. The van der Waals surface area contributed by atoms with Crippen molar-refractivity contribution < 1.29 is 18.8 Å². The van der Waals surface area contributed by atoms with Crippen molar-refractivity contribution in [3.8, 4) is 11.5 Å². The number of benzene rings is 1. The van der Waals surface area contributed by atoms with Crippen molar-refractivity contribution in [2.75, 3.05) is 6.61 Å². The number of nitrogens with zero attached hydrogens (tertiary/aromatic N) is 1. The van der Waals surface area contributed by atoms with Crippen LogP contribution in [-0.2, 0) is 6.61 Å². The third kappa shape index (κ3) is 2.68. The van der Waals surface area contributed by atoms with Crippen molar-refractivity contribution >= 4 is 6.29 Å². The largest absolute Gasteiger partial charge is 0.490 e. The second-order valence-corrected chi connectivity index (χ2v) is 3.55. The molecule has 0 saturated heterocycles. The molecule has 1 aromatic heterocycles. The number of carbonyl (C=O) groups excluding carboxylic acids is 1. The van der Waals surface area contributed by atoms with Crippen molar-refractivity contribution in [1.82, 2.24) is 5.16 Å². The van der Waals surface area contributed by atoms with Crippen LogP contribution in [-0.4, -0.2) is 18.0 Å². The molecule has 0 atom stereocenters. The SMILES string of the molecule is CCOc1cccc(C=O)c1OCc1cnoc1. The highest BCUT2D eigenvalue weighted by molar-refractivity contribution is 5.81. The monoisotopic (exact) mass is 247 g/mol. The highest BCUT2D eigenvalue weighted by Crippen LogP contribution is 2.31. The van der Waals surface area contributed by atoms with Gasteiger partial charge in [-0.25, -0.2) is 0 Å². The summed E-state index contributed by atoms with van der Waals surface area (Å²) in [5.74, 6) is 0.995. The summed E-state index contributed by atoms with van der Waals surface area (Å²) >= 11 is 0. The Labute approximate surface area is 104 Å². The zero-order valence-corrected chi connectivity index (χ0v) is 9.96. The van der Waals surface area contributed by atoms with Gasteiger partial charge in [-0.1, -0.05) is 11.2 Å². The first-order valence-electron chi connectivity index (χ1n) is 5.57. The van der Waals surface area contributed by atoms with Crippen molar-refractivity contribution in [2.24, 2.45) is 0 Å². The van der Waals surface area contributed by atoms with Crippen LogP contribution in [0.1, 0.15) is 22.8 Å². The Bertz CT molecular complexity index is 508. The van der Waals surface area contributed by atoms with Gasteiger partial charge in [-0.05, 0) is 19.1 Å². The lowest BCUT2D eigenvalue weighted by Crippen LogP contribution is -2.01. The number of aromatic nitrogens is 1. The molecule has 18 heavy (non-hydrogen) atoms. The Balaban J connectivity index is 2.20. The van der Waals surface area contributed by atoms with Gasteiger partial charge in [-0.2, -0.15) is 0 Å². The van der Waals surface area contributed by atoms with Gasteiger partial charge < -0.3 is 14.0 Å². The van der Waals surface area contributed by atoms with Crippen molar-refractivity contribution in [2.45, 2.75) is 13.5 Å². The fraction of sp³-hybridized carbons (Fsp3) is 0.231. The number of rotatable bonds is 6. The fourth-order valence-electron chi connectivity index (χ4n) is 1.50. The summed E-state index contributed by atoms with van der Waals surface area (Å²) in [6.45, 7) is 2.65. The molecule has 0 N–H and O–H groups in total. The summed E-state index contributed by atoms with van der Waals surface area (Å²) < 4.78 is 15.7. The van der Waals surface area contributed by atoms with E-state index in [1.165, 1.54) is 6.26 Å². The van der Waals surface area contributed by atoms with Gasteiger partial charge >= 0.3 is 0 Å². The molecule has 0 aliphatic rings. The topological polar surface area (TPSA) is 61.6 Å². The maximum atomic E-state index is 11.0. The Morgan fingerprint density at radius 3 is 2.94 bits per heavy atom. The first-order valence-corrected chi connectivity index (χ1v) is 5.57. The number of para-hydroxylation sites is 1. The number of carbonyl (C=O) groups is 1. The van der Waals surface area contributed by atoms with E-state index in [1.54, 1.807) is 24.4 Å². The summed E-state index contributed by atoms with van der Waals surface area (Å²) in [6, 6.07) is 5.19. The van der Waals surface area contributed by atoms with E-state index in [9.17, 15) is 4.79 Å². The number of ether oxygens (including phenoxy) is 2. The predicted molar refractivity (Wildman–Crippen MR) is 63.8 cm³/mol. The summed E-state index contributed by atoms with van der Waals surface area (Å²) in [4.78, 5) is 11.0. The minimum absolute atomic E-state index is 0.272. The van der Waals surface area contributed by atoms with Crippen LogP contribution in [0.3, 0.4) is 0 Å². The van der Waals surface area contributed by atoms with Gasteiger partial charge in [0.15, 0.2) is 17.8 Å². The fourth-order valence-corrected chi connectivity index (χ4v) is 1.50. The van der Waals surface area contributed by atoms with Gasteiger partial charge in [-0.15, -0.1) is 0 Å². The molecule has 0 amide bonds. The molecule has 0 aliphatic carbocycles. The van der Waals surface area contributed by atoms with Crippen LogP contribution in [0.5, 0.6) is 11.5 Å². The molecule has 1 aromatic carbocycles. The van der Waals surface area contributed by atoms with Gasteiger partial charge in [0.25, 0.3) is 0 Å². The van der Waals surface area contributed by atoms with Gasteiger partial charge in [0.05, 0.1) is 18.4 Å². The van der Waals surface area contributed by atoms with E-state index in [1.807, 2.05) is 6.92 Å². The molecular weight excluding hydrogens is 234 g/mol. The molecule has 0 bridgehead atoms. The summed E-state index contributed by atoms with van der Waals surface area (Å²) in [5.41, 5.74) is 1.25. The molecular formula is C13H13NO4. The molecule has 0 saturated carbocycles. The average Bonchev–Trinajstić information content (AvgIpc) is 2.90. The van der Waals surface area contributed by atoms with Crippen molar-refractivity contribution in [1.29, 1.82) is 0 Å². The van der Waals surface area contributed by atoms with E-state index in [4.69, 9.17) is 14.0 Å². The lowest BCUT2D eigenvalue weighted by Gasteiger charge is -2.12. The maximum absolute atomic E-state index is 11.0. The van der Waals surface area contributed by atoms with Crippen LogP contribution in [0.25, 0.3) is 0 Å². The number of aldehydes is 1. The molecule has 2 aromatic rings. The number of hydrogen-bond acceptors (Lipinski definition) is 5. The van der Waals surface area contributed by atoms with E-state index < -0.39 is 0 Å². The van der Waals surface area contributed by atoms with Crippen LogP contribution in [0.2, 0.25) is 0 Å². The molecule has 94 valence electrons. The van der Waals surface area contributed by atoms with Crippen molar-refractivity contribution in [3.05, 3.63) is 41.8 Å². The minimum atomic E-state index is 0.272. The Hall–Kier alpha value is -2.30. The van der Waals surface area contributed by atoms with Gasteiger partial charge in [0.1, 0.15) is 12.9 Å². The van der Waals surface area contributed by atoms with Gasteiger partial charge in [0, 0.05) is 5.56 Å². The van der Waals surface area contributed by atoms with Crippen LogP contribution in [0.4, 0.5) is 0 Å². The first kappa shape index (κ1) is 12.2.